The first kappa shape index (κ1) is 25.3. The molecule has 5 aliphatic carbocycles. The van der Waals surface area contributed by atoms with Crippen molar-refractivity contribution in [2.24, 2.45) is 5.41 Å². The second kappa shape index (κ2) is 18.0. The average molecular weight is 1270 g/mol. The number of aromatic nitrogens is 4. The van der Waals surface area contributed by atoms with Gasteiger partial charge < -0.3 is 13.9 Å². The second-order valence-electron chi connectivity index (χ2n) is 22.9. The van der Waals surface area contributed by atoms with Crippen LogP contribution in [0.4, 0.5) is 0 Å². The van der Waals surface area contributed by atoms with Gasteiger partial charge in [0.15, 0.2) is 0 Å². The quantitative estimate of drug-likeness (QED) is 0.112. The van der Waals surface area contributed by atoms with Crippen LogP contribution in [0, 0.1) is 23.9 Å². The minimum Gasteiger partial charge on any atom is -0.510 e. The zero-order valence-electron chi connectivity index (χ0n) is 81.5. The van der Waals surface area contributed by atoms with Crippen molar-refractivity contribution in [2.75, 3.05) is 0 Å². The number of fused-ring (bicyclic) bond motifs is 6. The summed E-state index contributed by atoms with van der Waals surface area (Å²) in [5.41, 5.74) is -31.1. The SMILES string of the molecule is [2H]c1c([2H])c2c(c([2H])c1-c1cc(C34CC(C)(C3)C4)cc(-c3c([2H])c([2H])c4c(c3[2H])C(C([2H])([2H])[2H])(C([2H])([2H])[2H])C([2H])([2H])C([2H])([2H])C4(C([2H])([2H])[2H])C([2H])([2H])[2H])c1-[n+]1[c-]n(-c3[c-]c(Oc4[c-]c5c(cc4)c4ccccc4n5-c4cc(C(C)(C)C)ccn4)ccc3)c3ccccc31)C(C([2H])([2H])[2H])(C([2H])([2H])[2H])C([2H])([2H])C([2H])([2H])C2(C([2H])([2H])[2H])C([2H])([2H])[2H].[Pt]. The maximum absolute atomic E-state index is 10.7. The Labute approximate surface area is 542 Å². The summed E-state index contributed by atoms with van der Waals surface area (Å²) < 4.78 is 370. The van der Waals surface area contributed by atoms with Crippen molar-refractivity contribution >= 4 is 32.8 Å². The third-order valence-electron chi connectivity index (χ3n) is 16.0. The van der Waals surface area contributed by atoms with E-state index < -0.39 is 199 Å². The topological polar surface area (TPSA) is 35.9 Å². The minimum atomic E-state index is -4.86. The summed E-state index contributed by atoms with van der Waals surface area (Å²) in [6, 6.07) is 24.0. The van der Waals surface area contributed by atoms with Crippen LogP contribution in [0.1, 0.15) is 213 Å². The molecule has 0 radical (unpaired) electrons. The summed E-state index contributed by atoms with van der Waals surface area (Å²) in [5, 5.41) is 1.62. The van der Waals surface area contributed by atoms with E-state index in [-0.39, 0.29) is 79.5 Å². The number of hydrogen-bond donors (Lipinski definition) is 0. The second-order valence-corrected chi connectivity index (χ2v) is 22.9. The summed E-state index contributed by atoms with van der Waals surface area (Å²) in [4.78, 5) is 4.77. The van der Waals surface area contributed by atoms with E-state index in [0.29, 0.717) is 11.3 Å². The largest absolute Gasteiger partial charge is 0.510 e. The molecule has 15 rings (SSSR count). The van der Waals surface area contributed by atoms with Crippen molar-refractivity contribution in [3.05, 3.63) is 197 Å². The molecule has 3 fully saturated rings. The fourth-order valence-corrected chi connectivity index (χ4v) is 12.3. The number of hydrogen-bond acceptors (Lipinski definition) is 2. The average Bonchev–Trinajstić information content (AvgIpc) is 0.672. The summed E-state index contributed by atoms with van der Waals surface area (Å²) in [7, 11) is 0. The number of ether oxygens (including phenoxy) is 1. The van der Waals surface area contributed by atoms with Crippen LogP contribution in [0.5, 0.6) is 11.5 Å². The Morgan fingerprint density at radius 3 is 1.84 bits per heavy atom. The maximum Gasteiger partial charge on any atom is 0.268 e. The normalized spacial score (nSPS) is 31.8. The van der Waals surface area contributed by atoms with Crippen LogP contribution in [0.15, 0.2) is 146 Å². The molecule has 80 heavy (non-hydrogen) atoms. The van der Waals surface area contributed by atoms with Gasteiger partial charge in [0.05, 0.1) is 24.9 Å². The number of pyridine rings is 1. The number of imidazole rings is 1. The molecule has 5 aliphatic rings. The summed E-state index contributed by atoms with van der Waals surface area (Å²) in [6.07, 6.45) is -13.9. The van der Waals surface area contributed by atoms with Crippen molar-refractivity contribution in [3.63, 3.8) is 0 Å². The summed E-state index contributed by atoms with van der Waals surface area (Å²) in [6.45, 7) is -28.4. The minimum absolute atomic E-state index is 0. The number of rotatable bonds is 8. The van der Waals surface area contributed by atoms with Crippen molar-refractivity contribution < 1.29 is 82.5 Å². The molecule has 0 spiro atoms. The van der Waals surface area contributed by atoms with E-state index in [9.17, 15) is 35.6 Å². The van der Waals surface area contributed by atoms with Crippen LogP contribution >= 0.6 is 0 Å². The third-order valence-corrected chi connectivity index (χ3v) is 16.0. The molecule has 0 unspecified atom stereocenters. The molecule has 3 saturated carbocycles. The summed E-state index contributed by atoms with van der Waals surface area (Å²) >= 11 is 0. The van der Waals surface area contributed by atoms with E-state index in [0.717, 1.165) is 26.4 Å². The van der Waals surface area contributed by atoms with Gasteiger partial charge in [-0.15, -0.1) is 29.7 Å². The van der Waals surface area contributed by atoms with Crippen molar-refractivity contribution in [2.45, 2.75) is 160 Å². The van der Waals surface area contributed by atoms with Crippen LogP contribution in [0.2, 0.25) is 0 Å². The Kier molecular flexibility index (Phi) is 5.68. The third kappa shape index (κ3) is 8.32. The first-order valence-electron chi connectivity index (χ1n) is 44.7. The van der Waals surface area contributed by atoms with Crippen LogP contribution < -0.4 is 9.30 Å². The van der Waals surface area contributed by atoms with Crippen molar-refractivity contribution in [1.29, 1.82) is 0 Å². The van der Waals surface area contributed by atoms with Gasteiger partial charge >= 0.3 is 0 Å². The van der Waals surface area contributed by atoms with E-state index in [2.05, 4.69) is 39.2 Å². The molecule has 5 nitrogen and oxygen atoms in total. The predicted molar refractivity (Wildman–Crippen MR) is 324 cm³/mol. The molecule has 3 aromatic heterocycles. The Hall–Kier alpha value is -6.55. The van der Waals surface area contributed by atoms with Gasteiger partial charge in [-0.05, 0) is 168 Å². The molecular weight excluding hydrogens is 1160 g/mol. The molecule has 0 atom stereocenters. The number of para-hydroxylation sites is 3. The Bertz CT molecular complexity index is 5600. The molecule has 0 amide bonds. The standard InChI is InChI=1S/C74H74N4O.Pt/c1-68(2,3)49-30-35-75-66(40-49)78-62-21-14-13-20-54(62)55-27-26-53(42-65(55)78)79-52-19-17-18-51(41-52)76-46-77(64-23-16-15-22-63(64)76)67-56(47-24-28-58-60(36-47)71(8,9)33-31-69(58,4)5)38-50(74-43-73(12,44-74)45-74)39-57(67)48-25-29-59-61(37-48)72(10,11)34-32-70(59,6)7;/h13-30,35-40H,31-34,43-45H2,1-12H3;/q-2;/i4D3,5D3,6D3,7D3,8D3,9D3,10D3,11D3,24D,25D,28D,29D,31D2,32D2,33D2,34D2,36D,37D;. The Morgan fingerprint density at radius 2 is 1.23 bits per heavy atom. The fraction of sp³-hybridized carbons (Fsp3) is 0.351. The van der Waals surface area contributed by atoms with E-state index in [4.69, 9.17) is 26.2 Å². The van der Waals surface area contributed by atoms with E-state index in [1.807, 2.05) is 54.0 Å². The summed E-state index contributed by atoms with van der Waals surface area (Å²) in [5.74, 6) is 0.693. The van der Waals surface area contributed by atoms with Gasteiger partial charge in [-0.1, -0.05) is 179 Å². The molecule has 7 aromatic carbocycles. The number of nitrogens with zero attached hydrogens (tertiary/aromatic N) is 4. The van der Waals surface area contributed by atoms with Gasteiger partial charge in [0.1, 0.15) is 5.82 Å². The predicted octanol–water partition coefficient (Wildman–Crippen LogP) is 18.4. The molecule has 0 saturated heterocycles. The Morgan fingerprint density at radius 1 is 0.637 bits per heavy atom. The molecular formula is C74H74N4OPt-2. The van der Waals surface area contributed by atoms with Gasteiger partial charge in [-0.2, -0.15) is 18.2 Å². The van der Waals surface area contributed by atoms with Gasteiger partial charge in [0, 0.05) is 88.1 Å². The van der Waals surface area contributed by atoms with Gasteiger partial charge in [-0.25, -0.2) is 4.98 Å². The van der Waals surface area contributed by atoms with Gasteiger partial charge in [0.25, 0.3) is 6.33 Å². The number of benzene rings is 7. The zero-order valence-corrected chi connectivity index (χ0v) is 45.8. The van der Waals surface area contributed by atoms with E-state index in [1.54, 1.807) is 12.3 Å². The molecule has 6 heteroatoms. The smallest absolute Gasteiger partial charge is 0.268 e. The van der Waals surface area contributed by atoms with E-state index >= 15 is 0 Å². The Balaban J connectivity index is 0.0000121. The van der Waals surface area contributed by atoms with Crippen LogP contribution in [-0.2, 0) is 53.6 Å². The molecule has 3 heterocycles. The van der Waals surface area contributed by atoms with Crippen LogP contribution in [-0.4, -0.2) is 14.1 Å². The zero-order chi connectivity index (χ0) is 87.2. The van der Waals surface area contributed by atoms with Crippen molar-refractivity contribution in [1.82, 2.24) is 14.1 Å². The first-order valence-corrected chi connectivity index (χ1v) is 25.7. The van der Waals surface area contributed by atoms with Crippen LogP contribution in [0.3, 0.4) is 0 Å². The van der Waals surface area contributed by atoms with Gasteiger partial charge in [-0.3, -0.25) is 4.57 Å². The molecule has 10 aromatic rings. The molecule has 0 N–H and O–H groups in total. The van der Waals surface area contributed by atoms with Crippen molar-refractivity contribution in [3.8, 4) is 50.9 Å². The molecule has 2 bridgehead atoms. The van der Waals surface area contributed by atoms with Crippen LogP contribution in [0.25, 0.3) is 72.3 Å². The molecule has 408 valence electrons. The monoisotopic (exact) mass is 1270 g/mol. The van der Waals surface area contributed by atoms with Gasteiger partial charge in [0.2, 0.25) is 0 Å². The fourth-order valence-electron chi connectivity index (χ4n) is 12.3. The maximum atomic E-state index is 10.7. The first-order chi connectivity index (χ1) is 53.1. The van der Waals surface area contributed by atoms with E-state index in [1.165, 1.54) is 59.2 Å². The molecule has 0 aliphatic heterocycles.